The van der Waals surface area contributed by atoms with E-state index in [0.717, 1.165) is 18.6 Å². The Balaban J connectivity index is 1.85. The Morgan fingerprint density at radius 2 is 2.18 bits per heavy atom. The molecule has 2 saturated heterocycles. The zero-order valence-corrected chi connectivity index (χ0v) is 9.63. The summed E-state index contributed by atoms with van der Waals surface area (Å²) in [5.74, 6) is 0. The Labute approximate surface area is 100 Å². The van der Waals surface area contributed by atoms with E-state index in [1.807, 2.05) is 6.20 Å². The monoisotopic (exact) mass is 225 g/mol. The Morgan fingerprint density at radius 1 is 1.24 bits per heavy atom. The van der Waals surface area contributed by atoms with Crippen LogP contribution < -0.4 is 10.2 Å². The molecule has 1 aromatic carbocycles. The Bertz CT molecular complexity index is 561. The first-order valence-corrected chi connectivity index (χ1v) is 6.25. The standard InChI is InChI=1S/C14H15N3/c1-2-4-13-12(3-1)14(5-6-15-13)17-9-10-7-11(17)8-16-10/h1-6,10-11,16H,7-9H2. The van der Waals surface area contributed by atoms with E-state index in [2.05, 4.69) is 45.5 Å². The molecule has 2 atom stereocenters. The number of rotatable bonds is 1. The van der Waals surface area contributed by atoms with Crippen molar-refractivity contribution in [3.8, 4) is 0 Å². The van der Waals surface area contributed by atoms with Crippen LogP contribution in [0.15, 0.2) is 36.5 Å². The van der Waals surface area contributed by atoms with Gasteiger partial charge in [0.2, 0.25) is 0 Å². The summed E-state index contributed by atoms with van der Waals surface area (Å²) in [4.78, 5) is 6.98. The number of nitrogens with zero attached hydrogens (tertiary/aromatic N) is 2. The van der Waals surface area contributed by atoms with Gasteiger partial charge in [0, 0.05) is 42.4 Å². The second kappa shape index (κ2) is 3.44. The highest BCUT2D eigenvalue weighted by Gasteiger charge is 2.37. The fraction of sp³-hybridized carbons (Fsp3) is 0.357. The molecular formula is C14H15N3. The third-order valence-electron chi connectivity index (χ3n) is 3.99. The van der Waals surface area contributed by atoms with Crippen molar-refractivity contribution in [1.82, 2.24) is 10.3 Å². The number of aromatic nitrogens is 1. The lowest BCUT2D eigenvalue weighted by Crippen LogP contribution is -2.43. The van der Waals surface area contributed by atoms with E-state index in [1.165, 1.54) is 17.5 Å². The smallest absolute Gasteiger partial charge is 0.0722 e. The normalized spacial score (nSPS) is 26.9. The van der Waals surface area contributed by atoms with E-state index < -0.39 is 0 Å². The summed E-state index contributed by atoms with van der Waals surface area (Å²) in [5.41, 5.74) is 2.45. The van der Waals surface area contributed by atoms with E-state index in [4.69, 9.17) is 0 Å². The molecule has 2 aromatic rings. The van der Waals surface area contributed by atoms with E-state index in [1.54, 1.807) is 0 Å². The highest BCUT2D eigenvalue weighted by molar-refractivity contribution is 5.91. The number of pyridine rings is 1. The number of piperazine rings is 1. The number of benzene rings is 1. The van der Waals surface area contributed by atoms with Crippen molar-refractivity contribution in [3.63, 3.8) is 0 Å². The van der Waals surface area contributed by atoms with Gasteiger partial charge in [-0.25, -0.2) is 0 Å². The first-order chi connectivity index (χ1) is 8.42. The van der Waals surface area contributed by atoms with Gasteiger partial charge in [0.15, 0.2) is 0 Å². The largest absolute Gasteiger partial charge is 0.365 e. The second-order valence-corrected chi connectivity index (χ2v) is 4.99. The number of nitrogens with one attached hydrogen (secondary N) is 1. The molecular weight excluding hydrogens is 210 g/mol. The van der Waals surface area contributed by atoms with Crippen LogP contribution in [0, 0.1) is 0 Å². The molecule has 0 aliphatic carbocycles. The molecule has 17 heavy (non-hydrogen) atoms. The topological polar surface area (TPSA) is 28.2 Å². The Morgan fingerprint density at radius 3 is 3.00 bits per heavy atom. The van der Waals surface area contributed by atoms with Gasteiger partial charge in [-0.1, -0.05) is 18.2 Å². The van der Waals surface area contributed by atoms with Crippen molar-refractivity contribution in [2.45, 2.75) is 18.5 Å². The molecule has 3 nitrogen and oxygen atoms in total. The molecule has 1 N–H and O–H groups in total. The summed E-state index contributed by atoms with van der Waals surface area (Å²) in [7, 11) is 0. The van der Waals surface area contributed by atoms with Crippen LogP contribution >= 0.6 is 0 Å². The third kappa shape index (κ3) is 1.35. The molecule has 2 aliphatic rings. The molecule has 4 rings (SSSR count). The fourth-order valence-electron chi connectivity index (χ4n) is 3.19. The van der Waals surface area contributed by atoms with Gasteiger partial charge in [-0.15, -0.1) is 0 Å². The predicted molar refractivity (Wildman–Crippen MR) is 69.3 cm³/mol. The van der Waals surface area contributed by atoms with E-state index in [0.29, 0.717) is 12.1 Å². The molecule has 3 heteroatoms. The van der Waals surface area contributed by atoms with Crippen molar-refractivity contribution >= 4 is 16.6 Å². The molecule has 2 bridgehead atoms. The van der Waals surface area contributed by atoms with Crippen LogP contribution in [0.25, 0.3) is 10.9 Å². The van der Waals surface area contributed by atoms with Crippen LogP contribution in [0.1, 0.15) is 6.42 Å². The van der Waals surface area contributed by atoms with Gasteiger partial charge < -0.3 is 10.2 Å². The first kappa shape index (κ1) is 9.42. The van der Waals surface area contributed by atoms with Gasteiger partial charge in [-0.3, -0.25) is 4.98 Å². The summed E-state index contributed by atoms with van der Waals surface area (Å²) in [6.07, 6.45) is 3.22. The van der Waals surface area contributed by atoms with Crippen LogP contribution in [0.3, 0.4) is 0 Å². The maximum absolute atomic E-state index is 4.43. The van der Waals surface area contributed by atoms with Crippen LogP contribution in [0.4, 0.5) is 5.69 Å². The van der Waals surface area contributed by atoms with Crippen molar-refractivity contribution in [1.29, 1.82) is 0 Å². The van der Waals surface area contributed by atoms with Crippen molar-refractivity contribution in [3.05, 3.63) is 36.5 Å². The van der Waals surface area contributed by atoms with Gasteiger partial charge in [-0.2, -0.15) is 0 Å². The predicted octanol–water partition coefficient (Wildman–Crippen LogP) is 1.79. The van der Waals surface area contributed by atoms with Crippen molar-refractivity contribution in [2.75, 3.05) is 18.0 Å². The zero-order valence-electron chi connectivity index (χ0n) is 9.63. The minimum Gasteiger partial charge on any atom is -0.365 e. The average molecular weight is 225 g/mol. The van der Waals surface area contributed by atoms with E-state index in [-0.39, 0.29) is 0 Å². The lowest BCUT2D eigenvalue weighted by molar-refractivity contribution is 0.581. The third-order valence-corrected chi connectivity index (χ3v) is 3.99. The summed E-state index contributed by atoms with van der Waals surface area (Å²) in [5, 5.41) is 4.83. The minimum absolute atomic E-state index is 0.672. The zero-order chi connectivity index (χ0) is 11.2. The van der Waals surface area contributed by atoms with Gasteiger partial charge in [0.05, 0.1) is 5.52 Å². The van der Waals surface area contributed by atoms with Gasteiger partial charge in [0.25, 0.3) is 0 Å². The molecule has 2 fully saturated rings. The van der Waals surface area contributed by atoms with E-state index in [9.17, 15) is 0 Å². The van der Waals surface area contributed by atoms with Crippen molar-refractivity contribution < 1.29 is 0 Å². The maximum atomic E-state index is 4.43. The lowest BCUT2D eigenvalue weighted by atomic mass is 10.1. The summed E-state index contributed by atoms with van der Waals surface area (Å²) < 4.78 is 0. The number of hydrogen-bond acceptors (Lipinski definition) is 3. The highest BCUT2D eigenvalue weighted by Crippen LogP contribution is 2.33. The summed E-state index contributed by atoms with van der Waals surface area (Å²) in [6.45, 7) is 2.26. The lowest BCUT2D eigenvalue weighted by Gasteiger charge is -2.30. The van der Waals surface area contributed by atoms with Crippen LogP contribution in [-0.4, -0.2) is 30.2 Å². The van der Waals surface area contributed by atoms with E-state index >= 15 is 0 Å². The molecule has 0 saturated carbocycles. The van der Waals surface area contributed by atoms with Gasteiger partial charge in [0.1, 0.15) is 0 Å². The van der Waals surface area contributed by atoms with Crippen LogP contribution in [-0.2, 0) is 0 Å². The molecule has 1 aromatic heterocycles. The Kier molecular flexibility index (Phi) is 1.91. The molecule has 86 valence electrons. The average Bonchev–Trinajstić information content (AvgIpc) is 3.00. The number of anilines is 1. The number of para-hydroxylation sites is 1. The molecule has 0 radical (unpaired) electrons. The molecule has 0 amide bonds. The maximum Gasteiger partial charge on any atom is 0.0722 e. The number of fused-ring (bicyclic) bond motifs is 3. The Hall–Kier alpha value is -1.61. The van der Waals surface area contributed by atoms with Crippen LogP contribution in [0.5, 0.6) is 0 Å². The first-order valence-electron chi connectivity index (χ1n) is 6.25. The second-order valence-electron chi connectivity index (χ2n) is 4.99. The van der Waals surface area contributed by atoms with Gasteiger partial charge >= 0.3 is 0 Å². The SMILES string of the molecule is c1ccc2c(N3CC4CC3CN4)ccnc2c1. The molecule has 3 heterocycles. The van der Waals surface area contributed by atoms with Crippen LogP contribution in [0.2, 0.25) is 0 Å². The molecule has 2 unspecified atom stereocenters. The molecule has 0 spiro atoms. The quantitative estimate of drug-likeness (QED) is 0.802. The summed E-state index contributed by atoms with van der Waals surface area (Å²) >= 11 is 0. The minimum atomic E-state index is 0.672. The highest BCUT2D eigenvalue weighted by atomic mass is 15.3. The number of hydrogen-bond donors (Lipinski definition) is 1. The summed E-state index contributed by atoms with van der Waals surface area (Å²) in [6, 6.07) is 11.9. The molecule has 2 aliphatic heterocycles. The fourth-order valence-corrected chi connectivity index (χ4v) is 3.19. The van der Waals surface area contributed by atoms with Crippen molar-refractivity contribution in [2.24, 2.45) is 0 Å². The van der Waals surface area contributed by atoms with Gasteiger partial charge in [-0.05, 0) is 18.6 Å².